The molecule has 4 nitrogen and oxygen atoms in total. The van der Waals surface area contributed by atoms with Crippen LogP contribution in [-0.4, -0.2) is 18.4 Å². The second-order valence-electron chi connectivity index (χ2n) is 6.12. The van der Waals surface area contributed by atoms with Crippen molar-refractivity contribution in [3.05, 3.63) is 59.2 Å². The van der Waals surface area contributed by atoms with E-state index in [9.17, 15) is 9.59 Å². The minimum atomic E-state index is -0.106. The molecular formula is C20H22N2O2. The summed E-state index contributed by atoms with van der Waals surface area (Å²) in [5.74, 6) is 0.0398. The Morgan fingerprint density at radius 1 is 1.17 bits per heavy atom. The molecule has 2 aromatic rings. The molecule has 2 amide bonds. The molecule has 0 fully saturated rings. The highest BCUT2D eigenvalue weighted by atomic mass is 16.2. The van der Waals surface area contributed by atoms with Crippen LogP contribution in [0.1, 0.15) is 41.3 Å². The van der Waals surface area contributed by atoms with E-state index < -0.39 is 0 Å². The van der Waals surface area contributed by atoms with Gasteiger partial charge in [0.25, 0.3) is 5.91 Å². The van der Waals surface area contributed by atoms with Gasteiger partial charge >= 0.3 is 0 Å². The van der Waals surface area contributed by atoms with Gasteiger partial charge in [0.05, 0.1) is 0 Å². The summed E-state index contributed by atoms with van der Waals surface area (Å²) in [6.45, 7) is 4.58. The first-order chi connectivity index (χ1) is 11.6. The van der Waals surface area contributed by atoms with Gasteiger partial charge in [-0.1, -0.05) is 25.1 Å². The highest BCUT2D eigenvalue weighted by Crippen LogP contribution is 2.30. The normalized spacial score (nSPS) is 13.3. The van der Waals surface area contributed by atoms with E-state index in [1.807, 2.05) is 61.2 Å². The predicted molar refractivity (Wildman–Crippen MR) is 96.5 cm³/mol. The molecule has 0 spiro atoms. The molecule has 0 saturated carbocycles. The molecule has 24 heavy (non-hydrogen) atoms. The fourth-order valence-corrected chi connectivity index (χ4v) is 3.15. The zero-order valence-electron chi connectivity index (χ0n) is 14.1. The maximum Gasteiger partial charge on any atom is 0.255 e. The fourth-order valence-electron chi connectivity index (χ4n) is 3.15. The number of carbonyl (C=O) groups excluding carboxylic acids is 2. The highest BCUT2D eigenvalue weighted by molar-refractivity contribution is 6.05. The Bertz CT molecular complexity index is 783. The van der Waals surface area contributed by atoms with Crippen LogP contribution in [0.15, 0.2) is 42.5 Å². The number of amides is 2. The zero-order chi connectivity index (χ0) is 17.1. The van der Waals surface area contributed by atoms with Crippen LogP contribution >= 0.6 is 0 Å². The van der Waals surface area contributed by atoms with Crippen molar-refractivity contribution in [2.45, 2.75) is 33.1 Å². The van der Waals surface area contributed by atoms with Gasteiger partial charge in [0, 0.05) is 29.9 Å². The van der Waals surface area contributed by atoms with E-state index in [2.05, 4.69) is 5.32 Å². The summed E-state index contributed by atoms with van der Waals surface area (Å²) in [5, 5.41) is 2.96. The molecule has 0 saturated heterocycles. The molecule has 124 valence electrons. The van der Waals surface area contributed by atoms with Crippen molar-refractivity contribution in [3.63, 3.8) is 0 Å². The van der Waals surface area contributed by atoms with E-state index in [1.165, 1.54) is 0 Å². The monoisotopic (exact) mass is 322 g/mol. The summed E-state index contributed by atoms with van der Waals surface area (Å²) in [6, 6.07) is 13.3. The molecule has 0 bridgehead atoms. The number of hydrogen-bond acceptors (Lipinski definition) is 2. The lowest BCUT2D eigenvalue weighted by Crippen LogP contribution is -2.34. The number of nitrogens with zero attached hydrogens (tertiary/aromatic N) is 1. The number of carbonyl (C=O) groups is 2. The third-order valence-electron chi connectivity index (χ3n) is 4.45. The third-order valence-corrected chi connectivity index (χ3v) is 4.45. The maximum atomic E-state index is 12.4. The Morgan fingerprint density at radius 2 is 1.96 bits per heavy atom. The molecule has 1 N–H and O–H groups in total. The molecule has 0 aliphatic carbocycles. The van der Waals surface area contributed by atoms with Crippen molar-refractivity contribution in [2.24, 2.45) is 0 Å². The van der Waals surface area contributed by atoms with Crippen LogP contribution in [0.3, 0.4) is 0 Å². The fraction of sp³-hybridized carbons (Fsp3) is 0.300. The van der Waals surface area contributed by atoms with Gasteiger partial charge in [0.2, 0.25) is 5.91 Å². The molecule has 0 atom stereocenters. The van der Waals surface area contributed by atoms with E-state index >= 15 is 0 Å². The molecule has 1 aliphatic heterocycles. The van der Waals surface area contributed by atoms with Gasteiger partial charge in [-0.05, 0) is 55.2 Å². The van der Waals surface area contributed by atoms with Gasteiger partial charge < -0.3 is 10.2 Å². The van der Waals surface area contributed by atoms with Gasteiger partial charge in [0.1, 0.15) is 0 Å². The van der Waals surface area contributed by atoms with Crippen LogP contribution in [0.2, 0.25) is 0 Å². The average Bonchev–Trinajstić information content (AvgIpc) is 2.60. The summed E-state index contributed by atoms with van der Waals surface area (Å²) in [5.41, 5.74) is 4.49. The quantitative estimate of drug-likeness (QED) is 0.930. The Kier molecular flexibility index (Phi) is 4.65. The number of rotatable bonds is 3. The van der Waals surface area contributed by atoms with Gasteiger partial charge in [0.15, 0.2) is 0 Å². The van der Waals surface area contributed by atoms with E-state index in [-0.39, 0.29) is 11.8 Å². The van der Waals surface area contributed by atoms with Gasteiger partial charge in [-0.3, -0.25) is 9.59 Å². The van der Waals surface area contributed by atoms with Crippen LogP contribution in [0.25, 0.3) is 0 Å². The zero-order valence-corrected chi connectivity index (χ0v) is 14.1. The third kappa shape index (κ3) is 3.18. The minimum absolute atomic E-state index is 0.106. The molecular weight excluding hydrogens is 300 g/mol. The van der Waals surface area contributed by atoms with Crippen LogP contribution in [-0.2, 0) is 11.2 Å². The standard InChI is InChI=1S/C20H22N2O2/c1-3-19(23)22-12-6-8-15-13-16(10-11-18(15)22)21-20(24)17-9-5-4-7-14(17)2/h4-5,7,9-11,13H,3,6,8,12H2,1-2H3,(H,21,24). The lowest BCUT2D eigenvalue weighted by Gasteiger charge is -2.29. The molecule has 4 heteroatoms. The number of aryl methyl sites for hydroxylation is 2. The summed E-state index contributed by atoms with van der Waals surface area (Å²) in [6.07, 6.45) is 2.38. The Balaban J connectivity index is 1.83. The lowest BCUT2D eigenvalue weighted by atomic mass is 10.0. The Morgan fingerprint density at radius 3 is 2.71 bits per heavy atom. The number of fused-ring (bicyclic) bond motifs is 1. The van der Waals surface area contributed by atoms with Gasteiger partial charge in [-0.2, -0.15) is 0 Å². The molecule has 1 aliphatic rings. The van der Waals surface area contributed by atoms with Crippen molar-refractivity contribution >= 4 is 23.2 Å². The van der Waals surface area contributed by atoms with Gasteiger partial charge in [-0.25, -0.2) is 0 Å². The maximum absolute atomic E-state index is 12.4. The van der Waals surface area contributed by atoms with Crippen molar-refractivity contribution in [2.75, 3.05) is 16.8 Å². The predicted octanol–water partition coefficient (Wildman–Crippen LogP) is 3.94. The van der Waals surface area contributed by atoms with Crippen LogP contribution in [0, 0.1) is 6.92 Å². The topological polar surface area (TPSA) is 49.4 Å². The van der Waals surface area contributed by atoms with E-state index in [0.29, 0.717) is 12.0 Å². The summed E-state index contributed by atoms with van der Waals surface area (Å²) in [4.78, 5) is 26.4. The average molecular weight is 322 g/mol. The summed E-state index contributed by atoms with van der Waals surface area (Å²) in [7, 11) is 0. The smallest absolute Gasteiger partial charge is 0.255 e. The van der Waals surface area contributed by atoms with E-state index in [4.69, 9.17) is 0 Å². The first-order valence-corrected chi connectivity index (χ1v) is 8.40. The molecule has 0 unspecified atom stereocenters. The summed E-state index contributed by atoms with van der Waals surface area (Å²) < 4.78 is 0. The number of hydrogen-bond donors (Lipinski definition) is 1. The molecule has 2 aromatic carbocycles. The minimum Gasteiger partial charge on any atom is -0.322 e. The molecule has 0 aromatic heterocycles. The van der Waals surface area contributed by atoms with Crippen LogP contribution in [0.5, 0.6) is 0 Å². The molecule has 1 heterocycles. The number of nitrogens with one attached hydrogen (secondary N) is 1. The summed E-state index contributed by atoms with van der Waals surface area (Å²) >= 11 is 0. The number of benzene rings is 2. The second-order valence-corrected chi connectivity index (χ2v) is 6.12. The first kappa shape index (κ1) is 16.2. The molecule has 0 radical (unpaired) electrons. The highest BCUT2D eigenvalue weighted by Gasteiger charge is 2.21. The van der Waals surface area contributed by atoms with E-state index in [1.54, 1.807) is 0 Å². The van der Waals surface area contributed by atoms with Crippen molar-refractivity contribution < 1.29 is 9.59 Å². The Labute approximate surface area is 142 Å². The lowest BCUT2D eigenvalue weighted by molar-refractivity contribution is -0.118. The first-order valence-electron chi connectivity index (χ1n) is 8.40. The Hall–Kier alpha value is -2.62. The largest absolute Gasteiger partial charge is 0.322 e. The van der Waals surface area contributed by atoms with Crippen molar-refractivity contribution in [1.82, 2.24) is 0 Å². The molecule has 3 rings (SSSR count). The number of anilines is 2. The SMILES string of the molecule is CCC(=O)N1CCCc2cc(NC(=O)c3ccccc3C)ccc21. The van der Waals surface area contributed by atoms with Crippen molar-refractivity contribution in [1.29, 1.82) is 0 Å². The second kappa shape index (κ2) is 6.87. The van der Waals surface area contributed by atoms with E-state index in [0.717, 1.165) is 41.9 Å². The van der Waals surface area contributed by atoms with Gasteiger partial charge in [-0.15, -0.1) is 0 Å². The van der Waals surface area contributed by atoms with Crippen molar-refractivity contribution in [3.8, 4) is 0 Å². The van der Waals surface area contributed by atoms with Crippen LogP contribution in [0.4, 0.5) is 11.4 Å². The van der Waals surface area contributed by atoms with Crippen LogP contribution < -0.4 is 10.2 Å².